The van der Waals surface area contributed by atoms with Gasteiger partial charge in [-0.3, -0.25) is 14.3 Å². The van der Waals surface area contributed by atoms with Crippen LogP contribution in [0.2, 0.25) is 0 Å². The van der Waals surface area contributed by atoms with Gasteiger partial charge in [0.1, 0.15) is 11.4 Å². The summed E-state index contributed by atoms with van der Waals surface area (Å²) in [4.78, 5) is 34.4. The van der Waals surface area contributed by atoms with Gasteiger partial charge in [0.25, 0.3) is 5.91 Å². The molecule has 0 atom stereocenters. The minimum atomic E-state index is -3.76. The number of amides is 2. The van der Waals surface area contributed by atoms with Crippen LogP contribution in [-0.4, -0.2) is 77.9 Å². The van der Waals surface area contributed by atoms with Crippen molar-refractivity contribution in [1.82, 2.24) is 23.7 Å². The highest BCUT2D eigenvalue weighted by atomic mass is 32.2. The van der Waals surface area contributed by atoms with Crippen LogP contribution in [0.25, 0.3) is 33.8 Å². The molecule has 2 saturated carbocycles. The Hall–Kier alpha value is -4.42. The zero-order valence-corrected chi connectivity index (χ0v) is 31.7. The van der Waals surface area contributed by atoms with Crippen LogP contribution in [0.4, 0.5) is 0 Å². The molecule has 1 saturated heterocycles. The van der Waals surface area contributed by atoms with Crippen molar-refractivity contribution >= 4 is 44.4 Å². The number of hydrogen-bond donors (Lipinski definition) is 1. The number of aromatic nitrogens is 3. The maximum Gasteiger partial charge on any atom is 0.272 e. The fraction of sp³-hybridized carbons (Fsp3) is 0.488. The molecule has 4 aliphatic rings. The van der Waals surface area contributed by atoms with E-state index in [-0.39, 0.29) is 18.4 Å². The third-order valence-corrected chi connectivity index (χ3v) is 13.4. The van der Waals surface area contributed by atoms with Crippen molar-refractivity contribution in [2.75, 3.05) is 33.4 Å². The van der Waals surface area contributed by atoms with Crippen LogP contribution >= 0.6 is 0 Å². The summed E-state index contributed by atoms with van der Waals surface area (Å²) in [5.41, 5.74) is 8.47. The monoisotopic (exact) mass is 739 g/mol. The molecule has 2 aliphatic carbocycles. The molecule has 2 amide bonds. The molecule has 3 fully saturated rings. The molecule has 1 N–H and O–H groups in total. The predicted octanol–water partition coefficient (Wildman–Crippen LogP) is 6.71. The number of nitrogens with one attached hydrogen (secondary N) is 1. The summed E-state index contributed by atoms with van der Waals surface area (Å²) in [7, 11) is -2.08. The Balaban J connectivity index is 1.31. The van der Waals surface area contributed by atoms with E-state index >= 15 is 0 Å². The SMILES string of the molecule is COc1ccc2c(c1)C=C(c1ncn(C3CCC3)c1C(=O)N1CCOCC1)Cn1c-2c(C2CCCCC2)c2ccc(CC(=O)NS(=O)(=O)C(C)C)cc21. The van der Waals surface area contributed by atoms with Gasteiger partial charge in [0.05, 0.1) is 56.3 Å². The van der Waals surface area contributed by atoms with Crippen LogP contribution in [0.5, 0.6) is 5.75 Å². The minimum absolute atomic E-state index is 0.0196. The van der Waals surface area contributed by atoms with Crippen molar-refractivity contribution in [3.8, 4) is 17.0 Å². The number of methoxy groups -OCH3 is 1. The zero-order chi connectivity index (χ0) is 36.9. The second-order valence-electron chi connectivity index (χ2n) is 15.3. The predicted molar refractivity (Wildman–Crippen MR) is 205 cm³/mol. The molecule has 0 radical (unpaired) electrons. The van der Waals surface area contributed by atoms with Gasteiger partial charge in [-0.15, -0.1) is 0 Å². The van der Waals surface area contributed by atoms with Crippen LogP contribution in [0.3, 0.4) is 0 Å². The van der Waals surface area contributed by atoms with E-state index in [4.69, 9.17) is 14.5 Å². The van der Waals surface area contributed by atoms with Crippen LogP contribution in [0.15, 0.2) is 42.7 Å². The molecule has 12 heteroatoms. The Labute approximate surface area is 311 Å². The lowest BCUT2D eigenvalue weighted by Crippen LogP contribution is -2.42. The van der Waals surface area contributed by atoms with Crippen molar-refractivity contribution < 1.29 is 27.5 Å². The van der Waals surface area contributed by atoms with Gasteiger partial charge in [-0.05, 0) is 98.9 Å². The number of rotatable bonds is 9. The first-order valence-electron chi connectivity index (χ1n) is 19.2. The molecular weight excluding hydrogens is 691 g/mol. The average Bonchev–Trinajstić information content (AvgIpc) is 3.64. The molecule has 4 aromatic rings. The number of morpholine rings is 1. The molecule has 2 aliphatic heterocycles. The topological polar surface area (TPSA) is 125 Å². The third kappa shape index (κ3) is 6.69. The number of allylic oxidation sites excluding steroid dienone is 1. The van der Waals surface area contributed by atoms with Crippen LogP contribution < -0.4 is 9.46 Å². The number of carbonyl (C=O) groups excluding carboxylic acids is 2. The Kier molecular flexibility index (Phi) is 9.69. The van der Waals surface area contributed by atoms with E-state index in [1.165, 1.54) is 24.8 Å². The van der Waals surface area contributed by atoms with Crippen molar-refractivity contribution in [1.29, 1.82) is 0 Å². The number of carbonyl (C=O) groups is 2. The van der Waals surface area contributed by atoms with Gasteiger partial charge in [0, 0.05) is 41.2 Å². The molecule has 2 aromatic carbocycles. The number of fused-ring (bicyclic) bond motifs is 5. The largest absolute Gasteiger partial charge is 0.497 e. The molecule has 0 bridgehead atoms. The summed E-state index contributed by atoms with van der Waals surface area (Å²) in [5.74, 6) is 0.533. The molecule has 0 unspecified atom stereocenters. The number of benzene rings is 2. The second kappa shape index (κ2) is 14.4. The van der Waals surface area contributed by atoms with Gasteiger partial charge in [-0.25, -0.2) is 13.4 Å². The van der Waals surface area contributed by atoms with E-state index in [1.54, 1.807) is 21.0 Å². The minimum Gasteiger partial charge on any atom is -0.497 e. The summed E-state index contributed by atoms with van der Waals surface area (Å²) >= 11 is 0. The summed E-state index contributed by atoms with van der Waals surface area (Å²) in [6, 6.07) is 12.6. The van der Waals surface area contributed by atoms with Crippen molar-refractivity contribution in [2.45, 2.75) is 95.4 Å². The number of sulfonamides is 1. The average molecular weight is 740 g/mol. The fourth-order valence-electron chi connectivity index (χ4n) is 8.50. The van der Waals surface area contributed by atoms with Crippen molar-refractivity contribution in [3.63, 3.8) is 0 Å². The van der Waals surface area contributed by atoms with E-state index in [0.29, 0.717) is 50.2 Å². The molecule has 280 valence electrons. The van der Waals surface area contributed by atoms with Crippen molar-refractivity contribution in [3.05, 3.63) is 70.8 Å². The highest BCUT2D eigenvalue weighted by molar-refractivity contribution is 7.90. The summed E-state index contributed by atoms with van der Waals surface area (Å²) in [5, 5.41) is 0.420. The van der Waals surface area contributed by atoms with Gasteiger partial charge in [0.2, 0.25) is 15.9 Å². The lowest BCUT2D eigenvalue weighted by molar-refractivity contribution is -0.118. The lowest BCUT2D eigenvalue weighted by atomic mass is 9.81. The fourth-order valence-corrected chi connectivity index (χ4v) is 9.13. The number of imidazole rings is 1. The standard InChI is InChI=1S/C41H49N5O6S/c1-26(2)53(49,50)43-36(47)21-27-12-14-34-35(20-27)45-24-30(38-40(41(48)44-16-18-52-19-17-44)46(25-42-38)31-10-7-11-31)22-29-23-32(51-3)13-15-33(29)39(45)37(34)28-8-5-4-6-9-28/h12-15,20,22-23,25-26,28,31H,4-11,16-19,21,24H2,1-3H3,(H,43,47). The zero-order valence-electron chi connectivity index (χ0n) is 30.9. The maximum absolute atomic E-state index is 14.5. The normalized spacial score (nSPS) is 18.3. The molecule has 2 aromatic heterocycles. The third-order valence-electron chi connectivity index (χ3n) is 11.7. The van der Waals surface area contributed by atoms with Crippen LogP contribution in [-0.2, 0) is 32.5 Å². The van der Waals surface area contributed by atoms with E-state index in [0.717, 1.165) is 76.7 Å². The van der Waals surface area contributed by atoms with Crippen LogP contribution in [0, 0.1) is 0 Å². The molecule has 8 rings (SSSR count). The Morgan fingerprint density at radius 1 is 1.00 bits per heavy atom. The quantitative estimate of drug-likeness (QED) is 0.202. The molecule has 0 spiro atoms. The number of ether oxygens (including phenoxy) is 2. The van der Waals surface area contributed by atoms with E-state index in [2.05, 4.69) is 38.1 Å². The van der Waals surface area contributed by atoms with Gasteiger partial charge < -0.3 is 23.5 Å². The number of nitrogens with zero attached hydrogens (tertiary/aromatic N) is 4. The first kappa shape index (κ1) is 35.6. The van der Waals surface area contributed by atoms with Gasteiger partial charge in [-0.2, -0.15) is 0 Å². The van der Waals surface area contributed by atoms with Crippen molar-refractivity contribution in [2.24, 2.45) is 0 Å². The smallest absolute Gasteiger partial charge is 0.272 e. The maximum atomic E-state index is 14.5. The summed E-state index contributed by atoms with van der Waals surface area (Å²) < 4.78 is 43.1. The first-order valence-corrected chi connectivity index (χ1v) is 20.7. The molecule has 11 nitrogen and oxygen atoms in total. The molecular formula is C41H49N5O6S. The molecule has 53 heavy (non-hydrogen) atoms. The second-order valence-corrected chi connectivity index (χ2v) is 17.5. The van der Waals surface area contributed by atoms with E-state index in [9.17, 15) is 18.0 Å². The Bertz CT molecular complexity index is 2200. The number of hydrogen-bond acceptors (Lipinski definition) is 7. The van der Waals surface area contributed by atoms with Gasteiger partial charge in [0.15, 0.2) is 0 Å². The van der Waals surface area contributed by atoms with E-state index in [1.807, 2.05) is 29.4 Å². The van der Waals surface area contributed by atoms with E-state index < -0.39 is 21.2 Å². The highest BCUT2D eigenvalue weighted by Gasteiger charge is 2.34. The van der Waals surface area contributed by atoms with Gasteiger partial charge >= 0.3 is 0 Å². The van der Waals surface area contributed by atoms with Gasteiger partial charge in [-0.1, -0.05) is 31.4 Å². The highest BCUT2D eigenvalue weighted by Crippen LogP contribution is 2.48. The Morgan fingerprint density at radius 2 is 1.77 bits per heavy atom. The molecule has 4 heterocycles. The summed E-state index contributed by atoms with van der Waals surface area (Å²) in [6.07, 6.45) is 12.9. The summed E-state index contributed by atoms with van der Waals surface area (Å²) in [6.45, 7) is 5.67. The lowest BCUT2D eigenvalue weighted by Gasteiger charge is -2.31. The Morgan fingerprint density at radius 3 is 2.47 bits per heavy atom. The van der Waals surface area contributed by atoms with Crippen LogP contribution in [0.1, 0.15) is 110 Å². The first-order chi connectivity index (χ1) is 25.6.